The van der Waals surface area contributed by atoms with Crippen molar-refractivity contribution in [2.45, 2.75) is 26.2 Å². The number of pyridine rings is 2. The lowest BCUT2D eigenvalue weighted by atomic mass is 9.79. The van der Waals surface area contributed by atoms with Crippen LogP contribution in [0.15, 0.2) is 29.2 Å². The number of hydrogen-bond donors (Lipinski definition) is 2. The number of ether oxygens (including phenoxy) is 1. The highest BCUT2D eigenvalue weighted by Crippen LogP contribution is 2.42. The molecule has 1 aliphatic rings. The number of carbonyl (C=O) groups is 1. The Hall–Kier alpha value is -3.09. The van der Waals surface area contributed by atoms with Crippen molar-refractivity contribution in [2.24, 2.45) is 5.92 Å². The van der Waals surface area contributed by atoms with Gasteiger partial charge in [-0.2, -0.15) is 0 Å². The summed E-state index contributed by atoms with van der Waals surface area (Å²) in [6.07, 6.45) is 2.63. The Morgan fingerprint density at radius 2 is 2.23 bits per heavy atom. The molecule has 2 N–H and O–H groups in total. The second-order valence-corrected chi connectivity index (χ2v) is 6.88. The molecule has 0 saturated heterocycles. The minimum absolute atomic E-state index is 0.0820. The van der Waals surface area contributed by atoms with E-state index in [2.05, 4.69) is 18.8 Å². The van der Waals surface area contributed by atoms with Gasteiger partial charge in [0.15, 0.2) is 11.4 Å². The van der Waals surface area contributed by atoms with Crippen LogP contribution in [0.4, 0.5) is 0 Å². The van der Waals surface area contributed by atoms with Crippen LogP contribution in [0.2, 0.25) is 0 Å². The van der Waals surface area contributed by atoms with E-state index in [-0.39, 0.29) is 17.4 Å². The molecule has 3 heterocycles. The van der Waals surface area contributed by atoms with Crippen molar-refractivity contribution in [2.75, 3.05) is 7.11 Å². The summed E-state index contributed by atoms with van der Waals surface area (Å²) in [4.78, 5) is 31.1. The molecule has 0 spiro atoms. The second-order valence-electron chi connectivity index (χ2n) is 6.88. The molecule has 0 unspecified atom stereocenters. The number of carboxylic acid groups (broad SMARTS) is 1. The van der Waals surface area contributed by atoms with E-state index in [9.17, 15) is 14.7 Å². The van der Waals surface area contributed by atoms with Crippen LogP contribution in [-0.2, 0) is 6.42 Å². The Kier molecular flexibility index (Phi) is 3.61. The Morgan fingerprint density at radius 3 is 2.88 bits per heavy atom. The molecule has 0 amide bonds. The maximum atomic E-state index is 12.3. The van der Waals surface area contributed by atoms with Gasteiger partial charge in [0.2, 0.25) is 0 Å². The molecular weight excluding hydrogens is 334 g/mol. The van der Waals surface area contributed by atoms with E-state index in [0.29, 0.717) is 29.2 Å². The lowest BCUT2D eigenvalue weighted by Gasteiger charge is -2.28. The van der Waals surface area contributed by atoms with Crippen molar-refractivity contribution >= 4 is 11.6 Å². The van der Waals surface area contributed by atoms with Gasteiger partial charge in [-0.15, -0.1) is 0 Å². The number of hydrogen-bond acceptors (Lipinski definition) is 4. The first-order valence-electron chi connectivity index (χ1n) is 8.47. The molecule has 0 aliphatic heterocycles. The number of fused-ring (bicyclic) bond motifs is 5. The fourth-order valence-corrected chi connectivity index (χ4v) is 3.75. The van der Waals surface area contributed by atoms with Crippen LogP contribution >= 0.6 is 0 Å². The normalized spacial score (nSPS) is 15.8. The topological polar surface area (TPSA) is 96.7 Å². The van der Waals surface area contributed by atoms with E-state index in [1.165, 1.54) is 6.07 Å². The van der Waals surface area contributed by atoms with Crippen molar-refractivity contribution in [3.63, 3.8) is 0 Å². The summed E-state index contributed by atoms with van der Waals surface area (Å²) >= 11 is 0. The second kappa shape index (κ2) is 5.72. The highest BCUT2D eigenvalue weighted by molar-refractivity contribution is 5.88. The average molecular weight is 353 g/mol. The Bertz CT molecular complexity index is 1090. The molecule has 7 heteroatoms. The average Bonchev–Trinajstić information content (AvgIpc) is 2.99. The molecule has 3 aromatic heterocycles. The summed E-state index contributed by atoms with van der Waals surface area (Å²) in [5.74, 6) is -0.225. The van der Waals surface area contributed by atoms with E-state index in [1.807, 2.05) is 22.7 Å². The molecule has 0 radical (unpaired) electrons. The Labute approximate surface area is 149 Å². The predicted octanol–water partition coefficient (Wildman–Crippen LogP) is 2.69. The highest BCUT2D eigenvalue weighted by Gasteiger charge is 2.33. The van der Waals surface area contributed by atoms with Crippen molar-refractivity contribution in [1.82, 2.24) is 14.4 Å². The van der Waals surface area contributed by atoms with Crippen molar-refractivity contribution < 1.29 is 14.6 Å². The van der Waals surface area contributed by atoms with Crippen LogP contribution in [-0.4, -0.2) is 32.6 Å². The predicted molar refractivity (Wildman–Crippen MR) is 96.0 cm³/mol. The number of aromatic nitrogens is 3. The summed E-state index contributed by atoms with van der Waals surface area (Å²) in [5, 5.41) is 9.31. The lowest BCUT2D eigenvalue weighted by molar-refractivity contribution is 0.0694. The summed E-state index contributed by atoms with van der Waals surface area (Å²) in [6, 6.07) is 5.24. The number of rotatable bonds is 3. The van der Waals surface area contributed by atoms with Gasteiger partial charge in [0.25, 0.3) is 5.56 Å². The maximum absolute atomic E-state index is 12.3. The van der Waals surface area contributed by atoms with Crippen LogP contribution in [0.5, 0.6) is 5.75 Å². The summed E-state index contributed by atoms with van der Waals surface area (Å²) in [7, 11) is 1.59. The van der Waals surface area contributed by atoms with Crippen LogP contribution in [0.3, 0.4) is 0 Å². The number of H-pyrrole nitrogens is 1. The quantitative estimate of drug-likeness (QED) is 0.755. The zero-order valence-corrected chi connectivity index (χ0v) is 14.7. The minimum Gasteiger partial charge on any atom is -0.493 e. The number of carboxylic acids is 1. The summed E-state index contributed by atoms with van der Waals surface area (Å²) in [6.45, 7) is 4.18. The van der Waals surface area contributed by atoms with Gasteiger partial charge in [-0.1, -0.05) is 13.8 Å². The van der Waals surface area contributed by atoms with Crippen molar-refractivity contribution in [3.05, 3.63) is 51.6 Å². The summed E-state index contributed by atoms with van der Waals surface area (Å²) in [5.41, 5.74) is 2.92. The molecule has 0 saturated carbocycles. The van der Waals surface area contributed by atoms with Crippen molar-refractivity contribution in [3.8, 4) is 17.1 Å². The molecule has 0 bridgehead atoms. The van der Waals surface area contributed by atoms with Gasteiger partial charge in [0.1, 0.15) is 11.3 Å². The van der Waals surface area contributed by atoms with Crippen LogP contribution in [0.1, 0.15) is 41.4 Å². The van der Waals surface area contributed by atoms with Gasteiger partial charge in [0.05, 0.1) is 18.5 Å². The van der Waals surface area contributed by atoms with Gasteiger partial charge < -0.3 is 19.2 Å². The number of nitrogens with one attached hydrogen (secondary N) is 1. The van der Waals surface area contributed by atoms with Crippen LogP contribution < -0.4 is 10.3 Å². The molecule has 3 aromatic rings. The number of aromatic amines is 1. The number of methoxy groups -OCH3 is 1. The Balaban J connectivity index is 2.06. The van der Waals surface area contributed by atoms with E-state index < -0.39 is 11.5 Å². The molecule has 4 rings (SSSR count). The number of aromatic carboxylic acids is 1. The van der Waals surface area contributed by atoms with E-state index in [4.69, 9.17) is 9.72 Å². The zero-order valence-electron chi connectivity index (χ0n) is 14.7. The maximum Gasteiger partial charge on any atom is 0.341 e. The van der Waals surface area contributed by atoms with Gasteiger partial charge in [0, 0.05) is 6.20 Å². The standard InChI is InChI=1S/C19H19N3O4/c1-9(2)10-8-13-16(20-17-14(26-3)5-4-6-22(13)17)15-11(10)7-12(19(24)25)18(23)21-15/h4-7,9-10H,8H2,1-3H3,(H,21,23)(H,24,25)/t10-/m0/s1. The first-order valence-corrected chi connectivity index (χ1v) is 8.47. The van der Waals surface area contributed by atoms with E-state index in [0.717, 1.165) is 11.3 Å². The molecule has 134 valence electrons. The Morgan fingerprint density at radius 1 is 1.46 bits per heavy atom. The SMILES string of the molecule is COc1cccn2c3c(nc12)-c1[nH]c(=O)c(C(=O)O)cc1[C@H](C(C)C)C3. The largest absolute Gasteiger partial charge is 0.493 e. The monoisotopic (exact) mass is 353 g/mol. The number of imidazole rings is 1. The summed E-state index contributed by atoms with van der Waals surface area (Å²) < 4.78 is 7.39. The van der Waals surface area contributed by atoms with Crippen LogP contribution in [0, 0.1) is 5.92 Å². The smallest absolute Gasteiger partial charge is 0.341 e. The highest BCUT2D eigenvalue weighted by atomic mass is 16.5. The fraction of sp³-hybridized carbons (Fsp3) is 0.316. The minimum atomic E-state index is -1.22. The molecule has 0 fully saturated rings. The first-order chi connectivity index (χ1) is 12.4. The van der Waals surface area contributed by atoms with Gasteiger partial charge in [-0.3, -0.25) is 4.79 Å². The van der Waals surface area contributed by atoms with Crippen molar-refractivity contribution in [1.29, 1.82) is 0 Å². The zero-order chi connectivity index (χ0) is 18.6. The van der Waals surface area contributed by atoms with E-state index in [1.54, 1.807) is 7.11 Å². The third kappa shape index (κ3) is 2.23. The molecular formula is C19H19N3O4. The molecule has 0 aromatic carbocycles. The third-order valence-corrected chi connectivity index (χ3v) is 5.09. The first kappa shape index (κ1) is 16.4. The molecule has 1 atom stereocenters. The lowest BCUT2D eigenvalue weighted by Crippen LogP contribution is -2.25. The molecule has 26 heavy (non-hydrogen) atoms. The fourth-order valence-electron chi connectivity index (χ4n) is 3.75. The molecule has 1 aliphatic carbocycles. The van der Waals surface area contributed by atoms with Crippen LogP contribution in [0.25, 0.3) is 17.0 Å². The van der Waals surface area contributed by atoms with Gasteiger partial charge in [-0.05, 0) is 42.0 Å². The third-order valence-electron chi connectivity index (χ3n) is 5.09. The van der Waals surface area contributed by atoms with Gasteiger partial charge >= 0.3 is 5.97 Å². The van der Waals surface area contributed by atoms with Gasteiger partial charge in [-0.25, -0.2) is 9.78 Å². The number of nitrogens with zero attached hydrogens (tertiary/aromatic N) is 2. The van der Waals surface area contributed by atoms with E-state index >= 15 is 0 Å². The molecule has 7 nitrogen and oxygen atoms in total.